The highest BCUT2D eigenvalue weighted by Crippen LogP contribution is 2.39. The van der Waals surface area contributed by atoms with Crippen molar-refractivity contribution in [3.8, 4) is 0 Å². The summed E-state index contributed by atoms with van der Waals surface area (Å²) < 4.78 is 76.5. The normalized spacial score (nSPS) is 14.3. The van der Waals surface area contributed by atoms with Gasteiger partial charge in [-0.15, -0.1) is 0 Å². The van der Waals surface area contributed by atoms with Gasteiger partial charge >= 0.3 is 12.4 Å². The van der Waals surface area contributed by atoms with E-state index in [9.17, 15) is 31.4 Å². The summed E-state index contributed by atoms with van der Waals surface area (Å²) in [5, 5.41) is 13.1. The molecule has 26 heavy (non-hydrogen) atoms. The number of benzene rings is 1. The predicted molar refractivity (Wildman–Crippen MR) is 87.8 cm³/mol. The number of nitrogens with one attached hydrogen (secondary N) is 1. The third-order valence-corrected chi connectivity index (χ3v) is 3.43. The van der Waals surface area contributed by atoms with Crippen molar-refractivity contribution in [3.63, 3.8) is 0 Å². The lowest BCUT2D eigenvalue weighted by Gasteiger charge is -2.15. The van der Waals surface area contributed by atoms with Gasteiger partial charge in [-0.3, -0.25) is 5.43 Å². The second kappa shape index (κ2) is 9.61. The molecule has 1 unspecified atom stereocenters. The fourth-order valence-corrected chi connectivity index (χ4v) is 2.08. The molecule has 3 nitrogen and oxygen atoms in total. The summed E-state index contributed by atoms with van der Waals surface area (Å²) in [6.07, 6.45) is -3.25. The number of nitrogens with zero attached hydrogens (tertiary/aromatic N) is 1. The highest BCUT2D eigenvalue weighted by atomic mass is 19.4. The molecule has 0 aliphatic carbocycles. The Morgan fingerprint density at radius 2 is 1.81 bits per heavy atom. The molecule has 0 amide bonds. The van der Waals surface area contributed by atoms with Gasteiger partial charge in [0.15, 0.2) is 0 Å². The van der Waals surface area contributed by atoms with Crippen LogP contribution in [0.25, 0.3) is 0 Å². The zero-order valence-electron chi connectivity index (χ0n) is 14.0. The Hall–Kier alpha value is -2.03. The summed E-state index contributed by atoms with van der Waals surface area (Å²) in [6, 6.07) is 1.25. The number of hydrogen-bond acceptors (Lipinski definition) is 3. The van der Waals surface area contributed by atoms with E-state index in [1.54, 1.807) is 0 Å². The van der Waals surface area contributed by atoms with Gasteiger partial charge in [0.25, 0.3) is 0 Å². The molecule has 0 aliphatic heterocycles. The first-order valence-corrected chi connectivity index (χ1v) is 7.98. The van der Waals surface area contributed by atoms with E-state index in [0.717, 1.165) is 25.5 Å². The number of aliphatic hydroxyl groups is 1. The molecular formula is C17H20F6N2O. The lowest BCUT2D eigenvalue weighted by molar-refractivity contribution is -0.142. The van der Waals surface area contributed by atoms with Gasteiger partial charge in [0.05, 0.1) is 22.9 Å². The molecule has 0 aliphatic rings. The van der Waals surface area contributed by atoms with Crippen molar-refractivity contribution < 1.29 is 31.4 Å². The number of halogens is 6. The largest absolute Gasteiger partial charge is 0.418 e. The van der Waals surface area contributed by atoms with Crippen LogP contribution in [0, 0.1) is 0 Å². The van der Waals surface area contributed by atoms with Crippen LogP contribution in [0.4, 0.5) is 32.0 Å². The van der Waals surface area contributed by atoms with Crippen molar-refractivity contribution in [1.29, 1.82) is 0 Å². The fourth-order valence-electron chi connectivity index (χ4n) is 2.08. The lowest BCUT2D eigenvalue weighted by atomic mass is 10.1. The number of anilines is 1. The quantitative estimate of drug-likeness (QED) is 0.265. The minimum atomic E-state index is -4.97. The Balaban J connectivity index is 2.77. The molecule has 0 spiro atoms. The average molecular weight is 382 g/mol. The third kappa shape index (κ3) is 7.47. The van der Waals surface area contributed by atoms with E-state index >= 15 is 0 Å². The van der Waals surface area contributed by atoms with Crippen LogP contribution in [0.2, 0.25) is 0 Å². The van der Waals surface area contributed by atoms with Crippen LogP contribution < -0.4 is 5.43 Å². The van der Waals surface area contributed by atoms with Gasteiger partial charge in [-0.05, 0) is 30.7 Å². The van der Waals surface area contributed by atoms with Crippen LogP contribution in [0.1, 0.15) is 43.7 Å². The van der Waals surface area contributed by atoms with E-state index in [4.69, 9.17) is 0 Å². The van der Waals surface area contributed by atoms with E-state index in [2.05, 4.69) is 10.5 Å². The lowest BCUT2D eigenvalue weighted by Crippen LogP contribution is -2.12. The zero-order chi connectivity index (χ0) is 19.8. The van der Waals surface area contributed by atoms with Gasteiger partial charge in [-0.25, -0.2) is 0 Å². The molecule has 0 heterocycles. The highest BCUT2D eigenvalue weighted by Gasteiger charge is 2.38. The van der Waals surface area contributed by atoms with Gasteiger partial charge in [0.2, 0.25) is 0 Å². The molecule has 1 aromatic rings. The van der Waals surface area contributed by atoms with E-state index in [1.807, 2.05) is 6.92 Å². The molecule has 1 atom stereocenters. The summed E-state index contributed by atoms with van der Waals surface area (Å²) in [5.74, 6) is 0. The maximum atomic E-state index is 12.9. The fraction of sp³-hybridized carbons (Fsp3) is 0.471. The van der Waals surface area contributed by atoms with Gasteiger partial charge in [-0.1, -0.05) is 32.3 Å². The number of hydrazone groups is 1. The Bertz CT molecular complexity index is 623. The maximum absolute atomic E-state index is 12.9. The molecule has 0 fully saturated rings. The van der Waals surface area contributed by atoms with Gasteiger partial charge in [-0.2, -0.15) is 31.4 Å². The van der Waals surface area contributed by atoms with Crippen LogP contribution in [-0.4, -0.2) is 17.4 Å². The molecule has 2 N–H and O–H groups in total. The molecule has 1 aromatic carbocycles. The molecule has 0 radical (unpaired) electrons. The van der Waals surface area contributed by atoms with Crippen LogP contribution in [0.3, 0.4) is 0 Å². The van der Waals surface area contributed by atoms with Crippen molar-refractivity contribution in [1.82, 2.24) is 0 Å². The summed E-state index contributed by atoms with van der Waals surface area (Å²) >= 11 is 0. The van der Waals surface area contributed by atoms with E-state index in [1.165, 1.54) is 12.2 Å². The first-order chi connectivity index (χ1) is 12.1. The topological polar surface area (TPSA) is 44.6 Å². The molecule has 0 saturated heterocycles. The van der Waals surface area contributed by atoms with Crippen LogP contribution >= 0.6 is 0 Å². The Morgan fingerprint density at radius 3 is 2.38 bits per heavy atom. The van der Waals surface area contributed by atoms with Gasteiger partial charge in [0.1, 0.15) is 0 Å². The first kappa shape index (κ1) is 22.0. The van der Waals surface area contributed by atoms with Crippen LogP contribution in [0.15, 0.2) is 35.5 Å². The smallest absolute Gasteiger partial charge is 0.389 e. The summed E-state index contributed by atoms with van der Waals surface area (Å²) in [4.78, 5) is 0. The Labute approximate surface area is 147 Å². The Kier molecular flexibility index (Phi) is 8.13. The minimum absolute atomic E-state index is 0.0329. The maximum Gasteiger partial charge on any atom is 0.418 e. The van der Waals surface area contributed by atoms with Crippen molar-refractivity contribution in [2.24, 2.45) is 5.10 Å². The monoisotopic (exact) mass is 382 g/mol. The molecule has 9 heteroatoms. The molecular weight excluding hydrogens is 362 g/mol. The Morgan fingerprint density at radius 1 is 1.12 bits per heavy atom. The zero-order valence-corrected chi connectivity index (χ0v) is 14.0. The number of aliphatic hydroxyl groups excluding tert-OH is 1. The second-order valence-corrected chi connectivity index (χ2v) is 5.59. The number of rotatable bonds is 8. The average Bonchev–Trinajstić information content (AvgIpc) is 2.53. The SMILES string of the molecule is CCCCCC(O)/C=C/C=N/Nc1ccc(C(F)(F)F)cc1C(F)(F)F. The standard InChI is InChI=1S/C17H20F6N2O/c1-2-3-4-6-13(26)7-5-10-24-25-15-9-8-12(16(18,19)20)11-14(15)17(21,22)23/h5,7-11,13,25-26H,2-4,6H2,1H3/b7-5+,24-10+. The van der Waals surface area contributed by atoms with Crippen molar-refractivity contribution in [3.05, 3.63) is 41.5 Å². The van der Waals surface area contributed by atoms with Crippen molar-refractivity contribution in [2.75, 3.05) is 5.43 Å². The van der Waals surface area contributed by atoms with Crippen LogP contribution in [-0.2, 0) is 12.4 Å². The highest BCUT2D eigenvalue weighted by molar-refractivity contribution is 5.72. The predicted octanol–water partition coefficient (Wildman–Crippen LogP) is 5.62. The summed E-state index contributed by atoms with van der Waals surface area (Å²) in [7, 11) is 0. The van der Waals surface area contributed by atoms with Gasteiger partial charge in [0, 0.05) is 6.21 Å². The summed E-state index contributed by atoms with van der Waals surface area (Å²) in [6.45, 7) is 2.02. The number of hydrogen-bond donors (Lipinski definition) is 2. The van der Waals surface area contributed by atoms with E-state index in [-0.39, 0.29) is 6.07 Å². The number of unbranched alkanes of at least 4 members (excludes halogenated alkanes) is 2. The molecule has 1 rings (SSSR count). The number of alkyl halides is 6. The second-order valence-electron chi connectivity index (χ2n) is 5.59. The molecule has 146 valence electrons. The summed E-state index contributed by atoms with van der Waals surface area (Å²) in [5.41, 5.74) is -1.38. The molecule has 0 aromatic heterocycles. The minimum Gasteiger partial charge on any atom is -0.389 e. The number of allylic oxidation sites excluding steroid dienone is 1. The van der Waals surface area contributed by atoms with E-state index in [0.29, 0.717) is 18.6 Å². The van der Waals surface area contributed by atoms with Gasteiger partial charge < -0.3 is 5.11 Å². The third-order valence-electron chi connectivity index (χ3n) is 3.43. The van der Waals surface area contributed by atoms with Crippen molar-refractivity contribution in [2.45, 2.75) is 51.1 Å². The van der Waals surface area contributed by atoms with E-state index < -0.39 is 35.3 Å². The van der Waals surface area contributed by atoms with Crippen LogP contribution in [0.5, 0.6) is 0 Å². The van der Waals surface area contributed by atoms with Crippen molar-refractivity contribution >= 4 is 11.9 Å². The molecule has 0 saturated carbocycles. The first-order valence-electron chi connectivity index (χ1n) is 7.98. The molecule has 0 bridgehead atoms.